The fourth-order valence-electron chi connectivity index (χ4n) is 3.81. The lowest BCUT2D eigenvalue weighted by molar-refractivity contribution is -0.144. The smallest absolute Gasteiger partial charge is 0.307 e. The Balaban J connectivity index is 1.79. The average Bonchev–Trinajstić information content (AvgIpc) is 2.53. The van der Waals surface area contributed by atoms with E-state index >= 15 is 0 Å². The van der Waals surface area contributed by atoms with Gasteiger partial charge in [-0.05, 0) is 31.7 Å². The average molecular weight is 325 g/mol. The molecule has 0 aromatic rings. The highest BCUT2D eigenvalue weighted by atomic mass is 16.4. The van der Waals surface area contributed by atoms with Gasteiger partial charge < -0.3 is 15.7 Å². The zero-order valence-electron chi connectivity index (χ0n) is 14.2. The SMILES string of the molecule is CC(=O)NCCN1CC(NCC2CCCCC2)CC(C(=O)O)C1. The minimum atomic E-state index is -0.710. The van der Waals surface area contributed by atoms with Gasteiger partial charge in [-0.1, -0.05) is 19.3 Å². The molecule has 1 saturated carbocycles. The van der Waals surface area contributed by atoms with Crippen molar-refractivity contribution in [2.75, 3.05) is 32.7 Å². The zero-order chi connectivity index (χ0) is 16.7. The van der Waals surface area contributed by atoms with Crippen LogP contribution in [0.2, 0.25) is 0 Å². The molecule has 6 heteroatoms. The van der Waals surface area contributed by atoms with E-state index < -0.39 is 5.97 Å². The number of carbonyl (C=O) groups is 2. The molecule has 1 heterocycles. The summed E-state index contributed by atoms with van der Waals surface area (Å²) in [5, 5.41) is 15.8. The second kappa shape index (κ2) is 9.23. The number of likely N-dealkylation sites (tertiary alicyclic amines) is 1. The molecule has 0 bridgehead atoms. The van der Waals surface area contributed by atoms with E-state index in [1.807, 2.05) is 0 Å². The van der Waals surface area contributed by atoms with Crippen LogP contribution in [-0.2, 0) is 9.59 Å². The Morgan fingerprint density at radius 2 is 1.91 bits per heavy atom. The molecule has 2 fully saturated rings. The van der Waals surface area contributed by atoms with Crippen LogP contribution in [0.4, 0.5) is 0 Å². The molecule has 1 aliphatic heterocycles. The Morgan fingerprint density at radius 1 is 1.17 bits per heavy atom. The minimum absolute atomic E-state index is 0.0382. The number of amides is 1. The van der Waals surface area contributed by atoms with E-state index in [4.69, 9.17) is 0 Å². The first-order chi connectivity index (χ1) is 11.0. The molecule has 0 spiro atoms. The third kappa shape index (κ3) is 6.47. The Bertz CT molecular complexity index is 397. The van der Waals surface area contributed by atoms with Gasteiger partial charge in [0.1, 0.15) is 0 Å². The van der Waals surface area contributed by atoms with E-state index in [1.54, 1.807) is 0 Å². The van der Waals surface area contributed by atoms with E-state index in [9.17, 15) is 14.7 Å². The van der Waals surface area contributed by atoms with Gasteiger partial charge in [-0.2, -0.15) is 0 Å². The standard InChI is InChI=1S/C17H31N3O3/c1-13(21)18-7-8-20-11-15(17(22)23)9-16(12-20)19-10-14-5-3-2-4-6-14/h14-16,19H,2-12H2,1H3,(H,18,21)(H,22,23). The van der Waals surface area contributed by atoms with Crippen molar-refractivity contribution in [2.45, 2.75) is 51.5 Å². The maximum absolute atomic E-state index is 11.4. The van der Waals surface area contributed by atoms with E-state index in [0.29, 0.717) is 26.1 Å². The van der Waals surface area contributed by atoms with Crippen molar-refractivity contribution >= 4 is 11.9 Å². The van der Waals surface area contributed by atoms with Gasteiger partial charge in [0.25, 0.3) is 0 Å². The fraction of sp³-hybridized carbons (Fsp3) is 0.882. The van der Waals surface area contributed by atoms with Crippen LogP contribution in [0, 0.1) is 11.8 Å². The molecule has 0 aromatic heterocycles. The van der Waals surface area contributed by atoms with E-state index in [2.05, 4.69) is 15.5 Å². The molecule has 2 unspecified atom stereocenters. The van der Waals surface area contributed by atoms with Crippen molar-refractivity contribution in [1.29, 1.82) is 0 Å². The molecule has 2 aliphatic rings. The lowest BCUT2D eigenvalue weighted by atomic mass is 9.88. The molecule has 2 rings (SSSR count). The minimum Gasteiger partial charge on any atom is -0.481 e. The van der Waals surface area contributed by atoms with Crippen molar-refractivity contribution in [3.63, 3.8) is 0 Å². The first-order valence-corrected chi connectivity index (χ1v) is 8.97. The van der Waals surface area contributed by atoms with Crippen LogP contribution in [0.15, 0.2) is 0 Å². The fourth-order valence-corrected chi connectivity index (χ4v) is 3.81. The van der Waals surface area contributed by atoms with Crippen LogP contribution in [0.25, 0.3) is 0 Å². The number of nitrogens with one attached hydrogen (secondary N) is 2. The van der Waals surface area contributed by atoms with Crippen LogP contribution in [0.3, 0.4) is 0 Å². The van der Waals surface area contributed by atoms with Crippen LogP contribution in [-0.4, -0.2) is 60.6 Å². The number of hydrogen-bond donors (Lipinski definition) is 3. The summed E-state index contributed by atoms with van der Waals surface area (Å²) in [5.41, 5.74) is 0. The molecule has 0 aromatic carbocycles. The number of aliphatic carboxylic acids is 1. The molecule has 1 amide bonds. The molecule has 23 heavy (non-hydrogen) atoms. The second-order valence-corrected chi connectivity index (χ2v) is 7.12. The number of rotatable bonds is 7. The summed E-state index contributed by atoms with van der Waals surface area (Å²) in [7, 11) is 0. The van der Waals surface area contributed by atoms with Crippen LogP contribution in [0.1, 0.15) is 45.4 Å². The summed E-state index contributed by atoms with van der Waals surface area (Å²) < 4.78 is 0. The summed E-state index contributed by atoms with van der Waals surface area (Å²) >= 11 is 0. The van der Waals surface area contributed by atoms with E-state index in [-0.39, 0.29) is 17.9 Å². The highest BCUT2D eigenvalue weighted by Gasteiger charge is 2.31. The number of carboxylic acids is 1. The lowest BCUT2D eigenvalue weighted by Crippen LogP contribution is -2.53. The molecule has 1 aliphatic carbocycles. The molecule has 2 atom stereocenters. The number of carbonyl (C=O) groups excluding carboxylic acids is 1. The van der Waals surface area contributed by atoms with Crippen molar-refractivity contribution in [3.05, 3.63) is 0 Å². The maximum Gasteiger partial charge on any atom is 0.307 e. The molecule has 0 radical (unpaired) electrons. The number of carboxylic acid groups (broad SMARTS) is 1. The highest BCUT2D eigenvalue weighted by Crippen LogP contribution is 2.24. The van der Waals surface area contributed by atoms with Crippen LogP contribution >= 0.6 is 0 Å². The largest absolute Gasteiger partial charge is 0.481 e. The van der Waals surface area contributed by atoms with Gasteiger partial charge in [0.05, 0.1) is 5.92 Å². The number of piperidine rings is 1. The summed E-state index contributed by atoms with van der Waals surface area (Å²) in [6.07, 6.45) is 7.33. The summed E-state index contributed by atoms with van der Waals surface area (Å²) in [5.74, 6) is -0.311. The number of nitrogens with zero attached hydrogens (tertiary/aromatic N) is 1. The Morgan fingerprint density at radius 3 is 2.57 bits per heavy atom. The summed E-state index contributed by atoms with van der Waals surface area (Å²) in [6.45, 7) is 5.26. The predicted molar refractivity (Wildman–Crippen MR) is 89.2 cm³/mol. The van der Waals surface area contributed by atoms with Crippen molar-refractivity contribution in [1.82, 2.24) is 15.5 Å². The summed E-state index contributed by atoms with van der Waals surface area (Å²) in [6, 6.07) is 0.240. The van der Waals surface area contributed by atoms with Crippen molar-refractivity contribution < 1.29 is 14.7 Å². The second-order valence-electron chi connectivity index (χ2n) is 7.12. The van der Waals surface area contributed by atoms with Crippen LogP contribution in [0.5, 0.6) is 0 Å². The van der Waals surface area contributed by atoms with Gasteiger partial charge in [-0.15, -0.1) is 0 Å². The molecular weight excluding hydrogens is 294 g/mol. The molecule has 6 nitrogen and oxygen atoms in total. The van der Waals surface area contributed by atoms with Gasteiger partial charge in [-0.3, -0.25) is 14.5 Å². The van der Waals surface area contributed by atoms with Gasteiger partial charge in [-0.25, -0.2) is 0 Å². The highest BCUT2D eigenvalue weighted by molar-refractivity contribution is 5.72. The third-order valence-corrected chi connectivity index (χ3v) is 5.10. The first kappa shape index (κ1) is 18.2. The number of hydrogen-bond acceptors (Lipinski definition) is 4. The van der Waals surface area contributed by atoms with Gasteiger partial charge in [0.2, 0.25) is 5.91 Å². The van der Waals surface area contributed by atoms with E-state index in [0.717, 1.165) is 19.0 Å². The first-order valence-electron chi connectivity index (χ1n) is 8.97. The zero-order valence-corrected chi connectivity index (χ0v) is 14.2. The monoisotopic (exact) mass is 325 g/mol. The van der Waals surface area contributed by atoms with Gasteiger partial charge in [0, 0.05) is 39.1 Å². The predicted octanol–water partition coefficient (Wildman–Crippen LogP) is 1.07. The molecular formula is C17H31N3O3. The Kier molecular flexibility index (Phi) is 7.30. The quantitative estimate of drug-likeness (QED) is 0.652. The topological polar surface area (TPSA) is 81.7 Å². The Hall–Kier alpha value is -1.14. The third-order valence-electron chi connectivity index (χ3n) is 5.10. The van der Waals surface area contributed by atoms with Crippen molar-refractivity contribution in [2.24, 2.45) is 11.8 Å². The maximum atomic E-state index is 11.4. The molecule has 1 saturated heterocycles. The normalized spacial score (nSPS) is 26.8. The Labute approximate surface area is 139 Å². The van der Waals surface area contributed by atoms with Gasteiger partial charge >= 0.3 is 5.97 Å². The summed E-state index contributed by atoms with van der Waals surface area (Å²) in [4.78, 5) is 24.5. The molecule has 3 N–H and O–H groups in total. The van der Waals surface area contributed by atoms with Gasteiger partial charge in [0.15, 0.2) is 0 Å². The molecule has 132 valence electrons. The lowest BCUT2D eigenvalue weighted by Gasteiger charge is -2.37. The van der Waals surface area contributed by atoms with E-state index in [1.165, 1.54) is 39.0 Å². The van der Waals surface area contributed by atoms with Crippen LogP contribution < -0.4 is 10.6 Å². The van der Waals surface area contributed by atoms with Crippen molar-refractivity contribution in [3.8, 4) is 0 Å².